The molecule has 0 aliphatic rings. The summed E-state index contributed by atoms with van der Waals surface area (Å²) in [4.78, 5) is 30.5. The quantitative estimate of drug-likeness (QED) is 0.551. The third kappa shape index (κ3) is 4.15. The van der Waals surface area contributed by atoms with Crippen LogP contribution in [0.3, 0.4) is 0 Å². The van der Waals surface area contributed by atoms with Crippen LogP contribution < -0.4 is 15.8 Å². The number of nitrogens with zero attached hydrogens (tertiary/aromatic N) is 2. The fourth-order valence-corrected chi connectivity index (χ4v) is 2.28. The van der Waals surface area contributed by atoms with Crippen LogP contribution >= 0.6 is 0 Å². The van der Waals surface area contributed by atoms with Gasteiger partial charge in [-0.15, -0.1) is 0 Å². The summed E-state index contributed by atoms with van der Waals surface area (Å²) in [6.45, 7) is 0. The summed E-state index contributed by atoms with van der Waals surface area (Å²) in [5.74, 6) is -0.602. The first-order chi connectivity index (χ1) is 13.5. The Labute approximate surface area is 159 Å². The fourth-order valence-electron chi connectivity index (χ4n) is 2.28. The number of nitrogen functional groups attached to an aromatic ring is 1. The fraction of sp³-hybridized carbons (Fsp3) is 0.0526. The van der Waals surface area contributed by atoms with Crippen molar-refractivity contribution in [3.05, 3.63) is 66.0 Å². The van der Waals surface area contributed by atoms with E-state index in [9.17, 15) is 9.59 Å². The second-order valence-corrected chi connectivity index (χ2v) is 5.57. The van der Waals surface area contributed by atoms with Crippen molar-refractivity contribution in [2.24, 2.45) is 0 Å². The number of carboxylic acid groups (broad SMARTS) is 1. The summed E-state index contributed by atoms with van der Waals surface area (Å²) in [5, 5.41) is 11.9. The zero-order valence-electron chi connectivity index (χ0n) is 14.7. The van der Waals surface area contributed by atoms with Crippen molar-refractivity contribution >= 4 is 29.1 Å². The molecule has 0 unspecified atom stereocenters. The SMILES string of the molecule is COC(=O)c1ccc(Oc2ncnc(Nc3ccc(C(=O)O)cc3)c2N)cc1. The number of nitrogens with one attached hydrogen (secondary N) is 1. The summed E-state index contributed by atoms with van der Waals surface area (Å²) in [7, 11) is 1.30. The number of hydrogen-bond donors (Lipinski definition) is 3. The molecule has 1 aromatic heterocycles. The Morgan fingerprint density at radius 1 is 1.00 bits per heavy atom. The van der Waals surface area contributed by atoms with Gasteiger partial charge in [0.1, 0.15) is 17.8 Å². The molecule has 0 saturated carbocycles. The van der Waals surface area contributed by atoms with E-state index in [1.54, 1.807) is 36.4 Å². The van der Waals surface area contributed by atoms with Crippen LogP contribution in [-0.2, 0) is 4.74 Å². The van der Waals surface area contributed by atoms with E-state index in [0.29, 0.717) is 22.8 Å². The maximum absolute atomic E-state index is 11.5. The number of rotatable bonds is 6. The number of aromatic nitrogens is 2. The lowest BCUT2D eigenvalue weighted by Crippen LogP contribution is -2.04. The van der Waals surface area contributed by atoms with E-state index in [1.165, 1.54) is 25.6 Å². The van der Waals surface area contributed by atoms with Gasteiger partial charge in [-0.05, 0) is 48.5 Å². The number of benzene rings is 2. The average Bonchev–Trinajstić information content (AvgIpc) is 2.71. The van der Waals surface area contributed by atoms with Gasteiger partial charge >= 0.3 is 11.9 Å². The second-order valence-electron chi connectivity index (χ2n) is 5.57. The summed E-state index contributed by atoms with van der Waals surface area (Å²) in [6, 6.07) is 12.4. The Hall–Kier alpha value is -4.14. The molecule has 0 amide bonds. The highest BCUT2D eigenvalue weighted by Gasteiger charge is 2.12. The molecular weight excluding hydrogens is 364 g/mol. The first-order valence-corrected chi connectivity index (χ1v) is 8.05. The van der Waals surface area contributed by atoms with Crippen molar-refractivity contribution in [1.29, 1.82) is 0 Å². The van der Waals surface area contributed by atoms with Gasteiger partial charge in [-0.25, -0.2) is 14.6 Å². The molecule has 0 fully saturated rings. The highest BCUT2D eigenvalue weighted by atomic mass is 16.5. The number of methoxy groups -OCH3 is 1. The molecule has 3 aromatic rings. The first kappa shape index (κ1) is 18.6. The molecule has 0 radical (unpaired) electrons. The van der Waals surface area contributed by atoms with Gasteiger partial charge in [-0.1, -0.05) is 0 Å². The van der Waals surface area contributed by atoms with Gasteiger partial charge in [0.15, 0.2) is 5.82 Å². The van der Waals surface area contributed by atoms with Gasteiger partial charge in [0.25, 0.3) is 0 Å². The standard InChI is InChI=1S/C19H16N4O5/c1-27-19(26)12-4-8-14(9-5-12)28-17-15(20)16(21-10-22-17)23-13-6-2-11(3-7-13)18(24)25/h2-10H,20H2,1H3,(H,24,25)(H,21,22,23). The smallest absolute Gasteiger partial charge is 0.337 e. The molecular formula is C19H16N4O5. The number of esters is 1. The zero-order valence-corrected chi connectivity index (χ0v) is 14.7. The molecule has 0 spiro atoms. The first-order valence-electron chi connectivity index (χ1n) is 8.05. The van der Waals surface area contributed by atoms with E-state index < -0.39 is 11.9 Å². The normalized spacial score (nSPS) is 10.2. The molecule has 3 rings (SSSR count). The van der Waals surface area contributed by atoms with Crippen molar-refractivity contribution in [2.45, 2.75) is 0 Å². The average molecular weight is 380 g/mol. The molecule has 2 aromatic carbocycles. The van der Waals surface area contributed by atoms with E-state index >= 15 is 0 Å². The molecule has 0 atom stereocenters. The van der Waals surface area contributed by atoms with Crippen molar-refractivity contribution < 1.29 is 24.2 Å². The number of ether oxygens (including phenoxy) is 2. The van der Waals surface area contributed by atoms with Crippen LogP contribution in [0.15, 0.2) is 54.9 Å². The summed E-state index contributed by atoms with van der Waals surface area (Å²) in [5.41, 5.74) is 7.40. The zero-order chi connectivity index (χ0) is 20.1. The minimum Gasteiger partial charge on any atom is -0.478 e. The Bertz CT molecular complexity index is 1000. The van der Waals surface area contributed by atoms with Gasteiger partial charge in [0.05, 0.1) is 18.2 Å². The number of hydrogen-bond acceptors (Lipinski definition) is 8. The third-order valence-corrected chi connectivity index (χ3v) is 3.73. The molecule has 9 nitrogen and oxygen atoms in total. The van der Waals surface area contributed by atoms with Gasteiger partial charge < -0.3 is 25.6 Å². The van der Waals surface area contributed by atoms with Gasteiger partial charge in [-0.2, -0.15) is 4.98 Å². The van der Waals surface area contributed by atoms with Gasteiger partial charge in [0.2, 0.25) is 5.88 Å². The lowest BCUT2D eigenvalue weighted by molar-refractivity contribution is 0.0599. The van der Waals surface area contributed by atoms with E-state index in [2.05, 4.69) is 20.0 Å². The number of nitrogens with two attached hydrogens (primary N) is 1. The van der Waals surface area contributed by atoms with Gasteiger partial charge in [0, 0.05) is 5.69 Å². The molecule has 0 aliphatic carbocycles. The molecule has 4 N–H and O–H groups in total. The van der Waals surface area contributed by atoms with Crippen LogP contribution in [0.4, 0.5) is 17.2 Å². The number of anilines is 3. The predicted molar refractivity (Wildman–Crippen MR) is 101 cm³/mol. The lowest BCUT2D eigenvalue weighted by atomic mass is 10.2. The summed E-state index contributed by atoms with van der Waals surface area (Å²) in [6.07, 6.45) is 1.28. The second kappa shape index (κ2) is 8.04. The number of carbonyl (C=O) groups excluding carboxylic acids is 1. The number of aromatic carboxylic acids is 1. The Balaban J connectivity index is 1.77. The molecule has 0 saturated heterocycles. The highest BCUT2D eigenvalue weighted by Crippen LogP contribution is 2.31. The van der Waals surface area contributed by atoms with Crippen LogP contribution in [0.25, 0.3) is 0 Å². The molecule has 28 heavy (non-hydrogen) atoms. The topological polar surface area (TPSA) is 137 Å². The molecule has 0 aliphatic heterocycles. The van der Waals surface area contributed by atoms with E-state index in [1.807, 2.05) is 0 Å². The predicted octanol–water partition coefficient (Wildman–Crippen LogP) is 3.08. The molecule has 1 heterocycles. The minimum atomic E-state index is -1.01. The van der Waals surface area contributed by atoms with Crippen LogP contribution in [0, 0.1) is 0 Å². The maximum Gasteiger partial charge on any atom is 0.337 e. The van der Waals surface area contributed by atoms with E-state index in [-0.39, 0.29) is 17.1 Å². The van der Waals surface area contributed by atoms with Crippen molar-refractivity contribution in [2.75, 3.05) is 18.2 Å². The maximum atomic E-state index is 11.5. The lowest BCUT2D eigenvalue weighted by Gasteiger charge is -2.12. The van der Waals surface area contributed by atoms with Crippen molar-refractivity contribution in [3.63, 3.8) is 0 Å². The third-order valence-electron chi connectivity index (χ3n) is 3.73. The number of carboxylic acids is 1. The molecule has 0 bridgehead atoms. The van der Waals surface area contributed by atoms with Gasteiger partial charge in [-0.3, -0.25) is 0 Å². The van der Waals surface area contributed by atoms with Crippen LogP contribution in [0.5, 0.6) is 11.6 Å². The summed E-state index contributed by atoms with van der Waals surface area (Å²) >= 11 is 0. The monoisotopic (exact) mass is 380 g/mol. The van der Waals surface area contributed by atoms with Crippen LogP contribution in [0.2, 0.25) is 0 Å². The Morgan fingerprint density at radius 3 is 2.25 bits per heavy atom. The van der Waals surface area contributed by atoms with E-state index in [4.69, 9.17) is 15.6 Å². The molecule has 9 heteroatoms. The minimum absolute atomic E-state index is 0.130. The largest absolute Gasteiger partial charge is 0.478 e. The highest BCUT2D eigenvalue weighted by molar-refractivity contribution is 5.89. The number of carbonyl (C=O) groups is 2. The molecule has 142 valence electrons. The van der Waals surface area contributed by atoms with Crippen molar-refractivity contribution in [1.82, 2.24) is 9.97 Å². The van der Waals surface area contributed by atoms with Crippen LogP contribution in [-0.4, -0.2) is 34.1 Å². The Kier molecular flexibility index (Phi) is 5.35. The summed E-state index contributed by atoms with van der Waals surface area (Å²) < 4.78 is 10.3. The van der Waals surface area contributed by atoms with Crippen molar-refractivity contribution in [3.8, 4) is 11.6 Å². The van der Waals surface area contributed by atoms with E-state index in [0.717, 1.165) is 0 Å². The van der Waals surface area contributed by atoms with Crippen LogP contribution in [0.1, 0.15) is 20.7 Å². The Morgan fingerprint density at radius 2 is 1.64 bits per heavy atom.